The second kappa shape index (κ2) is 6.50. The Bertz CT molecular complexity index is 829. The fourth-order valence-corrected chi connectivity index (χ4v) is 4.54. The maximum Gasteiger partial charge on any atom is 0.227 e. The summed E-state index contributed by atoms with van der Waals surface area (Å²) in [5.74, 6) is 0.904. The molecule has 1 saturated heterocycles. The van der Waals surface area contributed by atoms with Gasteiger partial charge in [-0.15, -0.1) is 0 Å². The summed E-state index contributed by atoms with van der Waals surface area (Å²) in [6, 6.07) is 6.47. The highest BCUT2D eigenvalue weighted by Gasteiger charge is 2.42. The van der Waals surface area contributed by atoms with Gasteiger partial charge in [0, 0.05) is 30.4 Å². The first kappa shape index (κ1) is 17.2. The smallest absolute Gasteiger partial charge is 0.227 e. The number of aromatic nitrogens is 2. The summed E-state index contributed by atoms with van der Waals surface area (Å²) in [6.45, 7) is 5.50. The molecule has 5 nitrogen and oxygen atoms in total. The quantitative estimate of drug-likeness (QED) is 0.918. The van der Waals surface area contributed by atoms with Crippen molar-refractivity contribution in [2.24, 2.45) is 17.6 Å². The summed E-state index contributed by atoms with van der Waals surface area (Å²) in [7, 11) is 0. The molecule has 2 aliphatic rings. The molecule has 2 heterocycles. The second-order valence-electron chi connectivity index (χ2n) is 7.68. The zero-order chi connectivity index (χ0) is 18.4. The van der Waals surface area contributed by atoms with Gasteiger partial charge in [-0.2, -0.15) is 5.10 Å². The van der Waals surface area contributed by atoms with Crippen LogP contribution in [0.3, 0.4) is 0 Å². The molecular weight excluding hydrogens is 331 g/mol. The number of hydrogen-bond acceptors (Lipinski definition) is 3. The summed E-state index contributed by atoms with van der Waals surface area (Å²) < 4.78 is 15.0. The topological polar surface area (TPSA) is 64.2 Å². The van der Waals surface area contributed by atoms with Gasteiger partial charge in [0.1, 0.15) is 5.82 Å². The number of nitrogens with two attached hydrogens (primary N) is 1. The molecule has 1 aromatic heterocycles. The van der Waals surface area contributed by atoms with Crippen molar-refractivity contribution in [1.29, 1.82) is 0 Å². The van der Waals surface area contributed by atoms with E-state index >= 15 is 0 Å². The molecule has 2 fully saturated rings. The Morgan fingerprint density at radius 2 is 1.96 bits per heavy atom. The lowest BCUT2D eigenvalue weighted by molar-refractivity contribution is -0.129. The minimum atomic E-state index is -0.275. The molecular formula is C20H25FN4O. The lowest BCUT2D eigenvalue weighted by Crippen LogP contribution is -2.34. The van der Waals surface area contributed by atoms with Crippen molar-refractivity contribution in [3.63, 3.8) is 0 Å². The average molecular weight is 356 g/mol. The second-order valence-corrected chi connectivity index (χ2v) is 7.68. The maximum absolute atomic E-state index is 13.2. The zero-order valence-electron chi connectivity index (χ0n) is 15.3. The Hall–Kier alpha value is -2.21. The van der Waals surface area contributed by atoms with Crippen molar-refractivity contribution in [1.82, 2.24) is 14.7 Å². The minimum Gasteiger partial charge on any atom is -0.342 e. The SMILES string of the molecule is Cc1nn(-c2ccc(F)cc2)c(C)c1CC(=O)N1CC2CCC(N)C2C1. The van der Waals surface area contributed by atoms with E-state index in [4.69, 9.17) is 5.73 Å². The van der Waals surface area contributed by atoms with Crippen LogP contribution in [-0.2, 0) is 11.2 Å². The molecule has 6 heteroatoms. The van der Waals surface area contributed by atoms with Crippen molar-refractivity contribution in [2.75, 3.05) is 13.1 Å². The summed E-state index contributed by atoms with van der Waals surface area (Å²) in [5.41, 5.74) is 9.71. The average Bonchev–Trinajstić information content (AvgIpc) is 3.27. The Morgan fingerprint density at radius 3 is 2.65 bits per heavy atom. The van der Waals surface area contributed by atoms with Gasteiger partial charge < -0.3 is 10.6 Å². The Labute approximate surface area is 153 Å². The number of likely N-dealkylation sites (tertiary alicyclic amines) is 1. The third-order valence-corrected chi connectivity index (χ3v) is 6.11. The van der Waals surface area contributed by atoms with Crippen LogP contribution >= 0.6 is 0 Å². The largest absolute Gasteiger partial charge is 0.342 e. The van der Waals surface area contributed by atoms with Crippen molar-refractivity contribution in [2.45, 2.75) is 39.2 Å². The molecule has 1 aliphatic carbocycles. The van der Waals surface area contributed by atoms with Crippen LogP contribution in [0.5, 0.6) is 0 Å². The summed E-state index contributed by atoms with van der Waals surface area (Å²) in [4.78, 5) is 14.8. The van der Waals surface area contributed by atoms with Crippen LogP contribution in [-0.4, -0.2) is 39.7 Å². The number of amides is 1. The maximum atomic E-state index is 13.2. The summed E-state index contributed by atoms with van der Waals surface area (Å²) in [6.07, 6.45) is 2.57. The molecule has 3 unspecified atom stereocenters. The van der Waals surface area contributed by atoms with Gasteiger partial charge in [-0.1, -0.05) is 0 Å². The molecule has 2 N–H and O–H groups in total. The third kappa shape index (κ3) is 2.92. The predicted octanol–water partition coefficient (Wildman–Crippen LogP) is 2.37. The number of rotatable bonds is 3. The molecule has 3 atom stereocenters. The van der Waals surface area contributed by atoms with Gasteiger partial charge in [-0.3, -0.25) is 4.79 Å². The molecule has 1 amide bonds. The Kier molecular flexibility index (Phi) is 4.31. The van der Waals surface area contributed by atoms with Gasteiger partial charge >= 0.3 is 0 Å². The highest BCUT2D eigenvalue weighted by molar-refractivity contribution is 5.79. The van der Waals surface area contributed by atoms with E-state index in [0.717, 1.165) is 48.6 Å². The number of aryl methyl sites for hydroxylation is 1. The molecule has 26 heavy (non-hydrogen) atoms. The molecule has 2 aromatic rings. The van der Waals surface area contributed by atoms with Crippen LogP contribution < -0.4 is 5.73 Å². The Morgan fingerprint density at radius 1 is 1.23 bits per heavy atom. The van der Waals surface area contributed by atoms with Crippen LogP contribution in [0.4, 0.5) is 4.39 Å². The monoisotopic (exact) mass is 356 g/mol. The number of hydrogen-bond donors (Lipinski definition) is 1. The molecule has 1 aliphatic heterocycles. The number of carbonyl (C=O) groups excluding carboxylic acids is 1. The van der Waals surface area contributed by atoms with Gasteiger partial charge in [-0.25, -0.2) is 9.07 Å². The lowest BCUT2D eigenvalue weighted by Gasteiger charge is -2.19. The summed E-state index contributed by atoms with van der Waals surface area (Å²) in [5, 5.41) is 4.56. The summed E-state index contributed by atoms with van der Waals surface area (Å²) >= 11 is 0. The normalized spacial score (nSPS) is 24.9. The standard InChI is InChI=1S/C20H25FN4O/c1-12-17(13(2)25(23-12)16-6-4-15(21)5-7-16)9-20(26)24-10-14-3-8-19(22)18(14)11-24/h4-7,14,18-19H,3,8-11,22H2,1-2H3. The number of benzene rings is 1. The number of halogens is 1. The van der Waals surface area contributed by atoms with Crippen LogP contribution in [0.15, 0.2) is 24.3 Å². The van der Waals surface area contributed by atoms with Crippen LogP contribution in [0.1, 0.15) is 29.8 Å². The third-order valence-electron chi connectivity index (χ3n) is 6.11. The lowest BCUT2D eigenvalue weighted by atomic mass is 9.98. The molecule has 0 spiro atoms. The number of fused-ring (bicyclic) bond motifs is 1. The Balaban J connectivity index is 1.52. The van der Waals surface area contributed by atoms with E-state index in [9.17, 15) is 9.18 Å². The molecule has 138 valence electrons. The van der Waals surface area contributed by atoms with E-state index in [1.807, 2.05) is 18.7 Å². The van der Waals surface area contributed by atoms with Gasteiger partial charge in [0.2, 0.25) is 5.91 Å². The molecule has 1 aromatic carbocycles. The first-order valence-corrected chi connectivity index (χ1v) is 9.28. The van der Waals surface area contributed by atoms with E-state index in [1.165, 1.54) is 12.1 Å². The molecule has 4 rings (SSSR count). The van der Waals surface area contributed by atoms with Crippen molar-refractivity contribution < 1.29 is 9.18 Å². The van der Waals surface area contributed by atoms with Gasteiger partial charge in [0.25, 0.3) is 0 Å². The molecule has 1 saturated carbocycles. The van der Waals surface area contributed by atoms with Gasteiger partial charge in [-0.05, 0) is 62.8 Å². The van der Waals surface area contributed by atoms with E-state index < -0.39 is 0 Å². The molecule has 0 radical (unpaired) electrons. The van der Waals surface area contributed by atoms with Crippen LogP contribution in [0, 0.1) is 31.5 Å². The van der Waals surface area contributed by atoms with E-state index in [1.54, 1.807) is 16.8 Å². The zero-order valence-corrected chi connectivity index (χ0v) is 15.3. The van der Waals surface area contributed by atoms with Gasteiger partial charge in [0.15, 0.2) is 0 Å². The van der Waals surface area contributed by atoms with E-state index in [0.29, 0.717) is 18.3 Å². The predicted molar refractivity (Wildman–Crippen MR) is 97.5 cm³/mol. The number of nitrogens with zero attached hydrogens (tertiary/aromatic N) is 3. The van der Waals surface area contributed by atoms with Crippen LogP contribution in [0.2, 0.25) is 0 Å². The fraction of sp³-hybridized carbons (Fsp3) is 0.500. The van der Waals surface area contributed by atoms with E-state index in [-0.39, 0.29) is 17.8 Å². The highest BCUT2D eigenvalue weighted by Crippen LogP contribution is 2.37. The highest BCUT2D eigenvalue weighted by atomic mass is 19.1. The number of carbonyl (C=O) groups is 1. The van der Waals surface area contributed by atoms with Crippen molar-refractivity contribution >= 4 is 5.91 Å². The minimum absolute atomic E-state index is 0.149. The first-order valence-electron chi connectivity index (χ1n) is 9.28. The first-order chi connectivity index (χ1) is 12.4. The fourth-order valence-electron chi connectivity index (χ4n) is 4.54. The van der Waals surface area contributed by atoms with Gasteiger partial charge in [0.05, 0.1) is 17.8 Å². The van der Waals surface area contributed by atoms with Crippen molar-refractivity contribution in [3.05, 3.63) is 47.0 Å². The van der Waals surface area contributed by atoms with E-state index in [2.05, 4.69) is 5.10 Å². The van der Waals surface area contributed by atoms with Crippen LogP contribution in [0.25, 0.3) is 5.69 Å². The molecule has 0 bridgehead atoms. The van der Waals surface area contributed by atoms with Crippen molar-refractivity contribution in [3.8, 4) is 5.69 Å².